The largest absolute Gasteiger partial charge is 0.445 e. The molecule has 0 bridgehead atoms. The molecular weight excluding hydrogens is 320 g/mol. The van der Waals surface area contributed by atoms with Gasteiger partial charge in [-0.15, -0.1) is 0 Å². The first-order valence-corrected chi connectivity index (χ1v) is 8.68. The van der Waals surface area contributed by atoms with E-state index in [4.69, 9.17) is 9.47 Å². The molecular formula is C19H26N2O4. The fraction of sp³-hybridized carbons (Fsp3) is 0.579. The Kier molecular flexibility index (Phi) is 4.62. The summed E-state index contributed by atoms with van der Waals surface area (Å²) in [5.74, 6) is 0.642. The highest BCUT2D eigenvalue weighted by atomic mass is 16.6. The zero-order chi connectivity index (χ0) is 18.2. The second kappa shape index (κ2) is 6.58. The van der Waals surface area contributed by atoms with Crippen molar-refractivity contribution in [1.82, 2.24) is 9.80 Å². The van der Waals surface area contributed by atoms with Crippen LogP contribution in [0.4, 0.5) is 9.59 Å². The number of hydrogen-bond acceptors (Lipinski definition) is 4. The standard InChI is InChI=1S/C19H26N2O4/c1-19(2,3)25-18(23)21-10-14-15(11-21)16(14)20(4)17(22)24-12-13-8-6-5-7-9-13/h5-9,14-16H,10-12H2,1-4H3/t14-,15+,16?. The molecule has 3 atom stereocenters. The lowest BCUT2D eigenvalue weighted by atomic mass is 10.2. The van der Waals surface area contributed by atoms with E-state index in [9.17, 15) is 9.59 Å². The zero-order valence-electron chi connectivity index (χ0n) is 15.3. The highest BCUT2D eigenvalue weighted by Gasteiger charge is 2.60. The Morgan fingerprint density at radius 1 is 1.16 bits per heavy atom. The zero-order valence-corrected chi connectivity index (χ0v) is 15.3. The summed E-state index contributed by atoms with van der Waals surface area (Å²) >= 11 is 0. The van der Waals surface area contributed by atoms with Gasteiger partial charge in [-0.3, -0.25) is 0 Å². The van der Waals surface area contributed by atoms with Gasteiger partial charge in [0.05, 0.1) is 0 Å². The Bertz CT molecular complexity index is 629. The highest BCUT2D eigenvalue weighted by Crippen LogP contribution is 2.48. The van der Waals surface area contributed by atoms with Crippen molar-refractivity contribution in [2.45, 2.75) is 39.0 Å². The monoisotopic (exact) mass is 346 g/mol. The molecule has 6 heteroatoms. The number of fused-ring (bicyclic) bond motifs is 1. The normalized spacial score (nSPS) is 24.5. The van der Waals surface area contributed by atoms with Gasteiger partial charge in [0.1, 0.15) is 12.2 Å². The fourth-order valence-corrected chi connectivity index (χ4v) is 3.49. The van der Waals surface area contributed by atoms with Crippen molar-refractivity contribution in [1.29, 1.82) is 0 Å². The van der Waals surface area contributed by atoms with Crippen molar-refractivity contribution in [2.24, 2.45) is 11.8 Å². The van der Waals surface area contributed by atoms with Crippen LogP contribution < -0.4 is 0 Å². The summed E-state index contributed by atoms with van der Waals surface area (Å²) in [6.45, 7) is 7.14. The van der Waals surface area contributed by atoms with Crippen LogP contribution in [0.15, 0.2) is 30.3 Å². The number of ether oxygens (including phenoxy) is 2. The third-order valence-corrected chi connectivity index (χ3v) is 4.74. The van der Waals surface area contributed by atoms with E-state index in [-0.39, 0.29) is 24.8 Å². The van der Waals surface area contributed by atoms with Gasteiger partial charge in [0.2, 0.25) is 0 Å². The summed E-state index contributed by atoms with van der Waals surface area (Å²) in [6.07, 6.45) is -0.583. The molecule has 2 amide bonds. The van der Waals surface area contributed by atoms with Crippen LogP contribution in [0, 0.1) is 11.8 Å². The summed E-state index contributed by atoms with van der Waals surface area (Å²) < 4.78 is 10.8. The minimum atomic E-state index is -0.485. The molecule has 0 N–H and O–H groups in total. The lowest BCUT2D eigenvalue weighted by molar-refractivity contribution is 0.0258. The lowest BCUT2D eigenvalue weighted by Gasteiger charge is -2.27. The van der Waals surface area contributed by atoms with Gasteiger partial charge in [-0.05, 0) is 26.3 Å². The first-order chi connectivity index (χ1) is 11.8. The van der Waals surface area contributed by atoms with Crippen LogP contribution in [-0.4, -0.2) is 53.8 Å². The quantitative estimate of drug-likeness (QED) is 0.844. The summed E-state index contributed by atoms with van der Waals surface area (Å²) in [7, 11) is 1.77. The Labute approximate surface area is 148 Å². The molecule has 1 aromatic carbocycles. The molecule has 0 radical (unpaired) electrons. The van der Waals surface area contributed by atoms with Crippen LogP contribution in [0.25, 0.3) is 0 Å². The Morgan fingerprint density at radius 2 is 1.76 bits per heavy atom. The topological polar surface area (TPSA) is 59.1 Å². The number of amides is 2. The third kappa shape index (κ3) is 4.06. The van der Waals surface area contributed by atoms with Gasteiger partial charge < -0.3 is 19.3 Å². The van der Waals surface area contributed by atoms with Gasteiger partial charge >= 0.3 is 12.2 Å². The van der Waals surface area contributed by atoms with Crippen molar-refractivity contribution in [3.8, 4) is 0 Å². The molecule has 2 fully saturated rings. The minimum absolute atomic E-state index is 0.155. The number of carbonyl (C=O) groups excluding carboxylic acids is 2. The maximum atomic E-state index is 12.2. The molecule has 0 aromatic heterocycles. The maximum absolute atomic E-state index is 12.2. The van der Waals surface area contributed by atoms with E-state index >= 15 is 0 Å². The summed E-state index contributed by atoms with van der Waals surface area (Å²) in [6, 6.07) is 9.78. The third-order valence-electron chi connectivity index (χ3n) is 4.74. The molecule has 6 nitrogen and oxygen atoms in total. The molecule has 136 valence electrons. The van der Waals surface area contributed by atoms with Crippen LogP contribution in [0.5, 0.6) is 0 Å². The van der Waals surface area contributed by atoms with Crippen LogP contribution >= 0.6 is 0 Å². The van der Waals surface area contributed by atoms with Gasteiger partial charge in [-0.25, -0.2) is 9.59 Å². The molecule has 25 heavy (non-hydrogen) atoms. The molecule has 1 aliphatic carbocycles. The van der Waals surface area contributed by atoms with E-state index in [1.165, 1.54) is 0 Å². The van der Waals surface area contributed by atoms with E-state index < -0.39 is 5.60 Å². The predicted octanol–water partition coefficient (Wildman–Crippen LogP) is 3.12. The first kappa shape index (κ1) is 17.6. The average molecular weight is 346 g/mol. The van der Waals surface area contributed by atoms with Gasteiger partial charge in [-0.2, -0.15) is 0 Å². The number of rotatable bonds is 3. The Morgan fingerprint density at radius 3 is 2.32 bits per heavy atom. The number of likely N-dealkylation sites (tertiary alicyclic amines) is 1. The number of piperidine rings is 1. The van der Waals surface area contributed by atoms with Crippen LogP contribution in [-0.2, 0) is 16.1 Å². The van der Waals surface area contributed by atoms with Crippen LogP contribution in [0.1, 0.15) is 26.3 Å². The van der Waals surface area contributed by atoms with E-state index in [0.29, 0.717) is 24.9 Å². The van der Waals surface area contributed by atoms with Gasteiger partial charge in [0, 0.05) is 38.0 Å². The van der Waals surface area contributed by atoms with Crippen LogP contribution in [0.2, 0.25) is 0 Å². The molecule has 2 aliphatic rings. The molecule has 1 aromatic rings. The molecule has 1 heterocycles. The predicted molar refractivity (Wildman–Crippen MR) is 93.0 cm³/mol. The van der Waals surface area contributed by atoms with Crippen molar-refractivity contribution in [3.05, 3.63) is 35.9 Å². The number of carbonyl (C=O) groups is 2. The van der Waals surface area contributed by atoms with Crippen molar-refractivity contribution < 1.29 is 19.1 Å². The van der Waals surface area contributed by atoms with Gasteiger partial charge in [0.25, 0.3) is 0 Å². The smallest absolute Gasteiger partial charge is 0.410 e. The van der Waals surface area contributed by atoms with Crippen molar-refractivity contribution in [2.75, 3.05) is 20.1 Å². The van der Waals surface area contributed by atoms with Gasteiger partial charge in [0.15, 0.2) is 0 Å². The minimum Gasteiger partial charge on any atom is -0.445 e. The van der Waals surface area contributed by atoms with E-state index in [1.54, 1.807) is 16.8 Å². The second-order valence-corrected chi connectivity index (χ2v) is 7.85. The molecule has 1 saturated carbocycles. The molecule has 0 spiro atoms. The van der Waals surface area contributed by atoms with Crippen LogP contribution in [0.3, 0.4) is 0 Å². The van der Waals surface area contributed by atoms with Crippen molar-refractivity contribution >= 4 is 12.2 Å². The molecule has 3 rings (SSSR count). The van der Waals surface area contributed by atoms with Gasteiger partial charge in [-0.1, -0.05) is 30.3 Å². The average Bonchev–Trinajstić information content (AvgIpc) is 3.04. The summed E-state index contributed by atoms with van der Waals surface area (Å²) in [4.78, 5) is 27.7. The fourth-order valence-electron chi connectivity index (χ4n) is 3.49. The number of nitrogens with zero attached hydrogens (tertiary/aromatic N) is 2. The maximum Gasteiger partial charge on any atom is 0.410 e. The lowest BCUT2D eigenvalue weighted by Crippen LogP contribution is -2.40. The Balaban J connectivity index is 1.45. The second-order valence-electron chi connectivity index (χ2n) is 7.85. The number of hydrogen-bond donors (Lipinski definition) is 0. The summed E-state index contributed by atoms with van der Waals surface area (Å²) in [5, 5.41) is 0. The summed E-state index contributed by atoms with van der Waals surface area (Å²) in [5.41, 5.74) is 0.484. The van der Waals surface area contributed by atoms with E-state index in [1.807, 2.05) is 51.1 Å². The molecule has 1 aliphatic heterocycles. The highest BCUT2D eigenvalue weighted by molar-refractivity contribution is 5.70. The molecule has 1 saturated heterocycles. The molecule has 1 unspecified atom stereocenters. The number of benzene rings is 1. The Hall–Kier alpha value is -2.24. The SMILES string of the molecule is CN(C(=O)OCc1ccccc1)C1[C@H]2CN(C(=O)OC(C)(C)C)C[C@@H]12. The van der Waals surface area contributed by atoms with Crippen molar-refractivity contribution in [3.63, 3.8) is 0 Å². The first-order valence-electron chi connectivity index (χ1n) is 8.68. The van der Waals surface area contributed by atoms with E-state index in [2.05, 4.69) is 0 Å². The van der Waals surface area contributed by atoms with E-state index in [0.717, 1.165) is 5.56 Å².